The fourth-order valence-corrected chi connectivity index (χ4v) is 2.55. The van der Waals surface area contributed by atoms with Gasteiger partial charge in [0, 0.05) is 32.4 Å². The summed E-state index contributed by atoms with van der Waals surface area (Å²) in [5, 5.41) is 5.52. The van der Waals surface area contributed by atoms with Crippen molar-refractivity contribution in [3.05, 3.63) is 77.0 Å². The first-order valence-corrected chi connectivity index (χ1v) is 9.72. The SMILES string of the molecule is CCCNC(=O)/C(=C/c1ccc(N(C)C)cc1)NC(=O)/C=C/c1ccc(C)cc1. The number of carbonyl (C=O) groups is 2. The van der Waals surface area contributed by atoms with E-state index in [2.05, 4.69) is 10.6 Å². The molecule has 2 aromatic carbocycles. The maximum atomic E-state index is 12.5. The first-order valence-electron chi connectivity index (χ1n) is 9.72. The van der Waals surface area contributed by atoms with Gasteiger partial charge >= 0.3 is 0 Å². The van der Waals surface area contributed by atoms with Crippen molar-refractivity contribution in [2.24, 2.45) is 0 Å². The van der Waals surface area contributed by atoms with E-state index in [1.54, 1.807) is 12.2 Å². The van der Waals surface area contributed by atoms with Gasteiger partial charge in [0.05, 0.1) is 0 Å². The van der Waals surface area contributed by atoms with E-state index in [0.29, 0.717) is 6.54 Å². The maximum Gasteiger partial charge on any atom is 0.267 e. The summed E-state index contributed by atoms with van der Waals surface area (Å²) in [4.78, 5) is 26.9. The average Bonchev–Trinajstić information content (AvgIpc) is 2.71. The molecule has 0 bridgehead atoms. The third-order valence-electron chi connectivity index (χ3n) is 4.26. The molecule has 2 amide bonds. The molecule has 0 aliphatic rings. The van der Waals surface area contributed by atoms with Gasteiger partial charge in [0.2, 0.25) is 5.91 Å². The summed E-state index contributed by atoms with van der Waals surface area (Å²) in [6, 6.07) is 15.6. The van der Waals surface area contributed by atoms with E-state index in [0.717, 1.165) is 28.8 Å². The van der Waals surface area contributed by atoms with Crippen molar-refractivity contribution in [2.45, 2.75) is 20.3 Å². The summed E-state index contributed by atoms with van der Waals surface area (Å²) in [6.45, 7) is 4.54. The Hall–Kier alpha value is -3.34. The van der Waals surface area contributed by atoms with Gasteiger partial charge in [-0.3, -0.25) is 9.59 Å². The number of carbonyl (C=O) groups excluding carboxylic acids is 2. The van der Waals surface area contributed by atoms with Crippen LogP contribution in [0.15, 0.2) is 60.3 Å². The van der Waals surface area contributed by atoms with Crippen LogP contribution in [-0.4, -0.2) is 32.5 Å². The lowest BCUT2D eigenvalue weighted by Crippen LogP contribution is -2.34. The molecule has 2 rings (SSSR count). The number of hydrogen-bond donors (Lipinski definition) is 2. The van der Waals surface area contributed by atoms with Crippen LogP contribution in [0.5, 0.6) is 0 Å². The second kappa shape index (κ2) is 10.9. The van der Waals surface area contributed by atoms with Crippen molar-refractivity contribution in [3.8, 4) is 0 Å². The number of aryl methyl sites for hydroxylation is 1. The second-order valence-corrected chi connectivity index (χ2v) is 7.03. The fourth-order valence-electron chi connectivity index (χ4n) is 2.55. The first-order chi connectivity index (χ1) is 13.9. The minimum absolute atomic E-state index is 0.217. The molecule has 0 atom stereocenters. The van der Waals surface area contributed by atoms with Crippen LogP contribution in [0.25, 0.3) is 12.2 Å². The highest BCUT2D eigenvalue weighted by molar-refractivity contribution is 6.04. The van der Waals surface area contributed by atoms with Crippen LogP contribution in [0.1, 0.15) is 30.0 Å². The molecule has 29 heavy (non-hydrogen) atoms. The Bertz CT molecular complexity index is 879. The summed E-state index contributed by atoms with van der Waals surface area (Å²) < 4.78 is 0. The van der Waals surface area contributed by atoms with Crippen molar-refractivity contribution in [1.29, 1.82) is 0 Å². The van der Waals surface area contributed by atoms with E-state index >= 15 is 0 Å². The van der Waals surface area contributed by atoms with Crippen LogP contribution in [0.4, 0.5) is 5.69 Å². The Morgan fingerprint density at radius 3 is 2.17 bits per heavy atom. The highest BCUT2D eigenvalue weighted by Gasteiger charge is 2.11. The topological polar surface area (TPSA) is 61.4 Å². The summed E-state index contributed by atoms with van der Waals surface area (Å²) in [6.07, 6.45) is 5.66. The lowest BCUT2D eigenvalue weighted by atomic mass is 10.1. The van der Waals surface area contributed by atoms with E-state index in [1.165, 1.54) is 6.08 Å². The van der Waals surface area contributed by atoms with Crippen molar-refractivity contribution in [1.82, 2.24) is 10.6 Å². The normalized spacial score (nSPS) is 11.4. The molecule has 0 fully saturated rings. The lowest BCUT2D eigenvalue weighted by molar-refractivity contribution is -0.121. The molecule has 0 aliphatic carbocycles. The molecule has 0 radical (unpaired) electrons. The molecule has 2 aromatic rings. The Morgan fingerprint density at radius 1 is 0.966 bits per heavy atom. The van der Waals surface area contributed by atoms with E-state index in [1.807, 2.05) is 81.4 Å². The highest BCUT2D eigenvalue weighted by atomic mass is 16.2. The minimum Gasteiger partial charge on any atom is -0.378 e. The smallest absolute Gasteiger partial charge is 0.267 e. The van der Waals surface area contributed by atoms with Crippen LogP contribution in [0, 0.1) is 6.92 Å². The molecule has 0 aromatic heterocycles. The van der Waals surface area contributed by atoms with Gasteiger partial charge in [-0.2, -0.15) is 0 Å². The van der Waals surface area contributed by atoms with Gasteiger partial charge in [-0.05, 0) is 48.8 Å². The lowest BCUT2D eigenvalue weighted by Gasteiger charge is -2.12. The van der Waals surface area contributed by atoms with Crippen molar-refractivity contribution in [3.63, 3.8) is 0 Å². The zero-order valence-corrected chi connectivity index (χ0v) is 17.5. The monoisotopic (exact) mass is 391 g/mol. The van der Waals surface area contributed by atoms with Crippen molar-refractivity contribution >= 4 is 29.7 Å². The van der Waals surface area contributed by atoms with Crippen LogP contribution in [0.2, 0.25) is 0 Å². The number of anilines is 1. The van der Waals surface area contributed by atoms with Gasteiger partial charge in [-0.15, -0.1) is 0 Å². The Balaban J connectivity index is 2.17. The molecule has 0 spiro atoms. The van der Waals surface area contributed by atoms with Crippen LogP contribution < -0.4 is 15.5 Å². The molecule has 5 nitrogen and oxygen atoms in total. The zero-order chi connectivity index (χ0) is 21.2. The second-order valence-electron chi connectivity index (χ2n) is 7.03. The molecule has 0 saturated heterocycles. The minimum atomic E-state index is -0.353. The zero-order valence-electron chi connectivity index (χ0n) is 17.5. The van der Waals surface area contributed by atoms with Gasteiger partial charge in [-0.25, -0.2) is 0 Å². The van der Waals surface area contributed by atoms with Crippen molar-refractivity contribution in [2.75, 3.05) is 25.5 Å². The largest absolute Gasteiger partial charge is 0.378 e. The molecule has 0 saturated carbocycles. The van der Waals surface area contributed by atoms with Gasteiger partial charge in [0.1, 0.15) is 5.70 Å². The summed E-state index contributed by atoms with van der Waals surface area (Å²) in [5.41, 5.74) is 4.19. The van der Waals surface area contributed by atoms with Crippen molar-refractivity contribution < 1.29 is 9.59 Å². The number of benzene rings is 2. The average molecular weight is 392 g/mol. The Kier molecular flexibility index (Phi) is 8.22. The Morgan fingerprint density at radius 2 is 1.59 bits per heavy atom. The summed E-state index contributed by atoms with van der Waals surface area (Å²) >= 11 is 0. The molecular weight excluding hydrogens is 362 g/mol. The molecule has 0 unspecified atom stereocenters. The van der Waals surface area contributed by atoms with Crippen LogP contribution in [0.3, 0.4) is 0 Å². The van der Waals surface area contributed by atoms with E-state index < -0.39 is 0 Å². The predicted octanol–water partition coefficient (Wildman–Crippen LogP) is 3.76. The molecule has 2 N–H and O–H groups in total. The first kappa shape index (κ1) is 22.0. The third kappa shape index (κ3) is 7.30. The number of nitrogens with zero attached hydrogens (tertiary/aromatic N) is 1. The van der Waals surface area contributed by atoms with Gasteiger partial charge in [0.15, 0.2) is 0 Å². The van der Waals surface area contributed by atoms with Gasteiger partial charge < -0.3 is 15.5 Å². The number of nitrogens with one attached hydrogen (secondary N) is 2. The maximum absolute atomic E-state index is 12.5. The summed E-state index contributed by atoms with van der Waals surface area (Å²) in [7, 11) is 3.93. The third-order valence-corrected chi connectivity index (χ3v) is 4.26. The van der Waals surface area contributed by atoms with Crippen LogP contribution >= 0.6 is 0 Å². The quantitative estimate of drug-likeness (QED) is 0.674. The number of amides is 2. The Labute approximate surface area is 173 Å². The number of rotatable bonds is 8. The molecule has 0 heterocycles. The highest BCUT2D eigenvalue weighted by Crippen LogP contribution is 2.14. The molecule has 5 heteroatoms. The predicted molar refractivity (Wildman–Crippen MR) is 120 cm³/mol. The molecule has 0 aliphatic heterocycles. The van der Waals surface area contributed by atoms with E-state index in [4.69, 9.17) is 0 Å². The standard InChI is InChI=1S/C24H29N3O2/c1-5-16-25-24(29)22(17-20-10-13-21(14-11-20)27(3)4)26-23(28)15-12-19-8-6-18(2)7-9-19/h6-15,17H,5,16H2,1-4H3,(H,25,29)(H,26,28)/b15-12+,22-17-. The number of hydrogen-bond acceptors (Lipinski definition) is 3. The van der Waals surface area contributed by atoms with Crippen LogP contribution in [-0.2, 0) is 9.59 Å². The molecule has 152 valence electrons. The fraction of sp³-hybridized carbons (Fsp3) is 0.250. The molecular formula is C24H29N3O2. The van der Waals surface area contributed by atoms with E-state index in [-0.39, 0.29) is 17.5 Å². The van der Waals surface area contributed by atoms with Gasteiger partial charge in [-0.1, -0.05) is 48.9 Å². The van der Waals surface area contributed by atoms with Gasteiger partial charge in [0.25, 0.3) is 5.91 Å². The van der Waals surface area contributed by atoms with E-state index in [9.17, 15) is 9.59 Å². The summed E-state index contributed by atoms with van der Waals surface area (Å²) in [5.74, 6) is -0.658.